The van der Waals surface area contributed by atoms with Crippen LogP contribution in [0.25, 0.3) is 0 Å². The fourth-order valence-corrected chi connectivity index (χ4v) is 4.18. The molecular formula is C23H25F3N2O. The number of aromatic nitrogens is 1. The molecule has 0 radical (unpaired) electrons. The summed E-state index contributed by atoms with van der Waals surface area (Å²) in [5.74, 6) is 0.731. The van der Waals surface area contributed by atoms with Gasteiger partial charge in [-0.25, -0.2) is 0 Å². The molecule has 1 amide bonds. The highest BCUT2D eigenvalue weighted by Gasteiger charge is 2.33. The molecule has 1 aromatic heterocycles. The van der Waals surface area contributed by atoms with Crippen molar-refractivity contribution < 1.29 is 18.0 Å². The van der Waals surface area contributed by atoms with Crippen LogP contribution >= 0.6 is 0 Å². The molecule has 2 fully saturated rings. The van der Waals surface area contributed by atoms with Crippen LogP contribution in [-0.2, 0) is 17.4 Å². The summed E-state index contributed by atoms with van der Waals surface area (Å²) in [6.07, 6.45) is 1.34. The number of benzene rings is 1. The van der Waals surface area contributed by atoms with Crippen LogP contribution in [0.5, 0.6) is 0 Å². The second kappa shape index (κ2) is 8.17. The molecule has 0 bridgehead atoms. The van der Waals surface area contributed by atoms with E-state index in [0.29, 0.717) is 18.9 Å². The van der Waals surface area contributed by atoms with Gasteiger partial charge in [0.2, 0.25) is 5.91 Å². The van der Waals surface area contributed by atoms with E-state index in [-0.39, 0.29) is 11.8 Å². The Morgan fingerprint density at radius 1 is 1.03 bits per heavy atom. The highest BCUT2D eigenvalue weighted by atomic mass is 19.4. The lowest BCUT2D eigenvalue weighted by atomic mass is 9.83. The second-order valence-corrected chi connectivity index (χ2v) is 8.18. The largest absolute Gasteiger partial charge is 0.416 e. The number of amides is 1. The van der Waals surface area contributed by atoms with E-state index < -0.39 is 11.7 Å². The van der Waals surface area contributed by atoms with Gasteiger partial charge in [0.1, 0.15) is 0 Å². The Labute approximate surface area is 168 Å². The van der Waals surface area contributed by atoms with E-state index in [4.69, 9.17) is 4.98 Å². The molecule has 1 aliphatic heterocycles. The Hall–Kier alpha value is -2.37. The number of piperidine rings is 1. The van der Waals surface area contributed by atoms with Gasteiger partial charge in [-0.3, -0.25) is 9.78 Å². The lowest BCUT2D eigenvalue weighted by Gasteiger charge is -2.37. The average molecular weight is 402 g/mol. The molecule has 3 nitrogen and oxygen atoms in total. The zero-order chi connectivity index (χ0) is 20.4. The van der Waals surface area contributed by atoms with Gasteiger partial charge < -0.3 is 4.90 Å². The molecule has 6 heteroatoms. The Kier molecular flexibility index (Phi) is 5.61. The van der Waals surface area contributed by atoms with Gasteiger partial charge >= 0.3 is 6.18 Å². The molecule has 1 aromatic carbocycles. The van der Waals surface area contributed by atoms with Crippen molar-refractivity contribution in [2.75, 3.05) is 13.1 Å². The first-order valence-corrected chi connectivity index (χ1v) is 10.3. The predicted octanol–water partition coefficient (Wildman–Crippen LogP) is 5.20. The summed E-state index contributed by atoms with van der Waals surface area (Å²) in [4.78, 5) is 19.4. The fourth-order valence-electron chi connectivity index (χ4n) is 4.18. The van der Waals surface area contributed by atoms with Gasteiger partial charge in [0, 0.05) is 42.7 Å². The number of carbonyl (C=O) groups is 1. The van der Waals surface area contributed by atoms with Crippen molar-refractivity contribution in [1.82, 2.24) is 9.88 Å². The molecule has 1 saturated carbocycles. The van der Waals surface area contributed by atoms with Gasteiger partial charge in [-0.05, 0) is 55.5 Å². The van der Waals surface area contributed by atoms with Crippen LogP contribution in [0.1, 0.15) is 60.5 Å². The number of rotatable bonds is 4. The van der Waals surface area contributed by atoms with Crippen LogP contribution in [-0.4, -0.2) is 28.9 Å². The summed E-state index contributed by atoms with van der Waals surface area (Å²) < 4.78 is 38.2. The van der Waals surface area contributed by atoms with Gasteiger partial charge in [-0.1, -0.05) is 24.6 Å². The molecule has 1 atom stereocenters. The Morgan fingerprint density at radius 2 is 1.79 bits per heavy atom. The molecule has 1 saturated heterocycles. The van der Waals surface area contributed by atoms with E-state index in [1.165, 1.54) is 12.1 Å². The second-order valence-electron chi connectivity index (χ2n) is 8.18. The van der Waals surface area contributed by atoms with Crippen LogP contribution < -0.4 is 0 Å². The van der Waals surface area contributed by atoms with Crippen molar-refractivity contribution in [2.24, 2.45) is 5.92 Å². The number of nitrogens with zero attached hydrogens (tertiary/aromatic N) is 2. The Balaban J connectivity index is 1.43. The van der Waals surface area contributed by atoms with Crippen molar-refractivity contribution in [2.45, 2.75) is 50.6 Å². The lowest BCUT2D eigenvalue weighted by Crippen LogP contribution is -2.44. The Bertz CT molecular complexity index is 859. The minimum Gasteiger partial charge on any atom is -0.342 e. The van der Waals surface area contributed by atoms with Crippen molar-refractivity contribution >= 4 is 5.91 Å². The molecule has 1 aliphatic carbocycles. The van der Waals surface area contributed by atoms with Crippen LogP contribution in [0.4, 0.5) is 13.2 Å². The van der Waals surface area contributed by atoms with Crippen molar-refractivity contribution in [3.63, 3.8) is 0 Å². The molecule has 4 rings (SSSR count). The van der Waals surface area contributed by atoms with Gasteiger partial charge in [0.05, 0.1) is 5.56 Å². The quantitative estimate of drug-likeness (QED) is 0.705. The van der Waals surface area contributed by atoms with Crippen LogP contribution in [0, 0.1) is 5.92 Å². The summed E-state index contributed by atoms with van der Waals surface area (Å²) in [6.45, 7) is 1.54. The van der Waals surface area contributed by atoms with Gasteiger partial charge in [0.15, 0.2) is 0 Å². The number of alkyl halides is 3. The van der Waals surface area contributed by atoms with E-state index in [9.17, 15) is 18.0 Å². The minimum atomic E-state index is -4.32. The molecule has 0 spiro atoms. The predicted molar refractivity (Wildman–Crippen MR) is 104 cm³/mol. The third kappa shape index (κ3) is 4.62. The summed E-state index contributed by atoms with van der Waals surface area (Å²) in [5.41, 5.74) is 1.97. The van der Waals surface area contributed by atoms with Gasteiger partial charge in [-0.2, -0.15) is 13.2 Å². The SMILES string of the molecule is O=C(C1CCC1)N1CCCC(c2cccc(Cc3ccc(C(F)(F)F)cc3)n2)C1. The van der Waals surface area contributed by atoms with E-state index in [0.717, 1.165) is 67.7 Å². The number of likely N-dealkylation sites (tertiary alicyclic amines) is 1. The Morgan fingerprint density at radius 3 is 2.45 bits per heavy atom. The lowest BCUT2D eigenvalue weighted by molar-refractivity contribution is -0.139. The maximum atomic E-state index is 12.7. The van der Waals surface area contributed by atoms with E-state index in [1.54, 1.807) is 0 Å². The minimum absolute atomic E-state index is 0.215. The standard InChI is InChI=1S/C23H25F3N2O/c24-23(25,26)19-11-9-16(10-12-19)14-20-7-2-8-21(27-20)18-6-3-13-28(15-18)22(29)17-4-1-5-17/h2,7-12,17-18H,1,3-6,13-15H2. The fraction of sp³-hybridized carbons (Fsp3) is 0.478. The highest BCUT2D eigenvalue weighted by Crippen LogP contribution is 2.32. The normalized spacial score (nSPS) is 20.4. The zero-order valence-electron chi connectivity index (χ0n) is 16.3. The number of hydrogen-bond acceptors (Lipinski definition) is 2. The number of pyridine rings is 1. The van der Waals surface area contributed by atoms with E-state index >= 15 is 0 Å². The highest BCUT2D eigenvalue weighted by molar-refractivity contribution is 5.79. The maximum absolute atomic E-state index is 12.7. The van der Waals surface area contributed by atoms with E-state index in [1.807, 2.05) is 23.1 Å². The molecular weight excluding hydrogens is 377 g/mol. The molecule has 29 heavy (non-hydrogen) atoms. The molecule has 0 N–H and O–H groups in total. The van der Waals surface area contributed by atoms with Gasteiger partial charge in [-0.15, -0.1) is 0 Å². The first-order chi connectivity index (χ1) is 13.9. The molecule has 2 aliphatic rings. The summed E-state index contributed by atoms with van der Waals surface area (Å²) in [6, 6.07) is 11.1. The molecule has 1 unspecified atom stereocenters. The monoisotopic (exact) mass is 402 g/mol. The third-order valence-electron chi connectivity index (χ3n) is 6.10. The van der Waals surface area contributed by atoms with Crippen molar-refractivity contribution in [3.8, 4) is 0 Å². The van der Waals surface area contributed by atoms with Crippen molar-refractivity contribution in [1.29, 1.82) is 0 Å². The maximum Gasteiger partial charge on any atom is 0.416 e. The summed E-state index contributed by atoms with van der Waals surface area (Å²) >= 11 is 0. The first-order valence-electron chi connectivity index (χ1n) is 10.3. The number of hydrogen-bond donors (Lipinski definition) is 0. The van der Waals surface area contributed by atoms with Crippen LogP contribution in [0.3, 0.4) is 0 Å². The topological polar surface area (TPSA) is 33.2 Å². The third-order valence-corrected chi connectivity index (χ3v) is 6.10. The average Bonchev–Trinajstić information content (AvgIpc) is 2.67. The van der Waals surface area contributed by atoms with Gasteiger partial charge in [0.25, 0.3) is 0 Å². The summed E-state index contributed by atoms with van der Waals surface area (Å²) in [5, 5.41) is 0. The molecule has 154 valence electrons. The first kappa shape index (κ1) is 19.9. The number of halogens is 3. The van der Waals surface area contributed by atoms with Crippen LogP contribution in [0.2, 0.25) is 0 Å². The zero-order valence-corrected chi connectivity index (χ0v) is 16.3. The smallest absolute Gasteiger partial charge is 0.342 e. The number of carbonyl (C=O) groups excluding carboxylic acids is 1. The van der Waals surface area contributed by atoms with Crippen LogP contribution in [0.15, 0.2) is 42.5 Å². The van der Waals surface area contributed by atoms with Crippen molar-refractivity contribution in [3.05, 3.63) is 65.0 Å². The molecule has 2 heterocycles. The molecule has 2 aromatic rings. The summed E-state index contributed by atoms with van der Waals surface area (Å²) in [7, 11) is 0. The van der Waals surface area contributed by atoms with E-state index in [2.05, 4.69) is 0 Å².